The lowest BCUT2D eigenvalue weighted by Crippen LogP contribution is -2.24. The van der Waals surface area contributed by atoms with E-state index in [0.717, 1.165) is 47.8 Å². The highest BCUT2D eigenvalue weighted by atomic mass is 32.1. The van der Waals surface area contributed by atoms with Gasteiger partial charge in [-0.3, -0.25) is 4.79 Å². The molecule has 0 radical (unpaired) electrons. The molecular formula is C15H22N4OS. The average Bonchev–Trinajstić information content (AvgIpc) is 3.08. The molecule has 0 aliphatic rings. The Labute approximate surface area is 129 Å². The number of hydrogen-bond donors (Lipinski definition) is 1. The quantitative estimate of drug-likeness (QED) is 0.763. The zero-order valence-corrected chi connectivity index (χ0v) is 13.4. The first-order valence-corrected chi connectivity index (χ1v) is 8.22. The van der Waals surface area contributed by atoms with Crippen molar-refractivity contribution >= 4 is 17.2 Å². The van der Waals surface area contributed by atoms with Crippen LogP contribution in [0.3, 0.4) is 0 Å². The van der Waals surface area contributed by atoms with Gasteiger partial charge < -0.3 is 9.88 Å². The van der Waals surface area contributed by atoms with Crippen molar-refractivity contribution < 1.29 is 4.79 Å². The van der Waals surface area contributed by atoms with Crippen LogP contribution >= 0.6 is 11.3 Å². The summed E-state index contributed by atoms with van der Waals surface area (Å²) < 4.78 is 2.05. The molecule has 0 unspecified atom stereocenters. The van der Waals surface area contributed by atoms with E-state index in [4.69, 9.17) is 0 Å². The highest BCUT2D eigenvalue weighted by Gasteiger charge is 2.14. The van der Waals surface area contributed by atoms with E-state index in [1.54, 1.807) is 6.20 Å². The standard InChI is InChI=1S/C15H22N4OS/c1-3-6-13-18-12(2)14(21-13)15(20)17-7-4-5-9-19-10-8-16-11-19/h8,10-11H,3-7,9H2,1-2H3,(H,17,20). The number of amides is 1. The van der Waals surface area contributed by atoms with Gasteiger partial charge in [0.25, 0.3) is 5.91 Å². The van der Waals surface area contributed by atoms with Crippen LogP contribution in [-0.2, 0) is 13.0 Å². The van der Waals surface area contributed by atoms with Crippen molar-refractivity contribution in [2.75, 3.05) is 6.54 Å². The maximum Gasteiger partial charge on any atom is 0.263 e. The number of carbonyl (C=O) groups is 1. The van der Waals surface area contributed by atoms with Crippen LogP contribution in [0.1, 0.15) is 46.6 Å². The van der Waals surface area contributed by atoms with Crippen LogP contribution in [0.4, 0.5) is 0 Å². The van der Waals surface area contributed by atoms with Crippen LogP contribution in [0.5, 0.6) is 0 Å². The number of imidazole rings is 1. The van der Waals surface area contributed by atoms with Crippen molar-refractivity contribution in [3.63, 3.8) is 0 Å². The fourth-order valence-electron chi connectivity index (χ4n) is 2.10. The summed E-state index contributed by atoms with van der Waals surface area (Å²) in [5.74, 6) is 0.00924. The van der Waals surface area contributed by atoms with Crippen molar-refractivity contribution in [3.05, 3.63) is 34.3 Å². The summed E-state index contributed by atoms with van der Waals surface area (Å²) >= 11 is 1.52. The third-order valence-electron chi connectivity index (χ3n) is 3.20. The van der Waals surface area contributed by atoms with Crippen molar-refractivity contribution in [1.29, 1.82) is 0 Å². The predicted octanol–water partition coefficient (Wildman–Crippen LogP) is 2.81. The molecule has 0 atom stereocenters. The van der Waals surface area contributed by atoms with E-state index in [-0.39, 0.29) is 5.91 Å². The first-order chi connectivity index (χ1) is 10.2. The molecule has 2 aromatic heterocycles. The van der Waals surface area contributed by atoms with Gasteiger partial charge in [0.2, 0.25) is 0 Å². The number of aromatic nitrogens is 3. The number of aryl methyl sites for hydroxylation is 3. The Bertz CT molecular complexity index is 562. The van der Waals surface area contributed by atoms with Gasteiger partial charge in [-0.25, -0.2) is 9.97 Å². The second-order valence-corrected chi connectivity index (χ2v) is 6.12. The Morgan fingerprint density at radius 3 is 3.00 bits per heavy atom. The number of thiazole rings is 1. The summed E-state index contributed by atoms with van der Waals surface area (Å²) in [4.78, 5) is 21.3. The van der Waals surface area contributed by atoms with E-state index in [2.05, 4.69) is 22.2 Å². The van der Waals surface area contributed by atoms with E-state index in [1.165, 1.54) is 11.3 Å². The first-order valence-electron chi connectivity index (χ1n) is 7.41. The maximum atomic E-state index is 12.1. The topological polar surface area (TPSA) is 59.8 Å². The highest BCUT2D eigenvalue weighted by molar-refractivity contribution is 7.13. The number of nitrogens with zero attached hydrogens (tertiary/aromatic N) is 3. The second-order valence-electron chi connectivity index (χ2n) is 5.04. The Kier molecular flexibility index (Phi) is 5.92. The van der Waals surface area contributed by atoms with Gasteiger partial charge in [-0.05, 0) is 32.6 Å². The van der Waals surface area contributed by atoms with Gasteiger partial charge in [0, 0.05) is 25.5 Å². The van der Waals surface area contributed by atoms with Crippen LogP contribution in [0, 0.1) is 6.92 Å². The van der Waals surface area contributed by atoms with Crippen LogP contribution in [0.15, 0.2) is 18.7 Å². The minimum Gasteiger partial charge on any atom is -0.351 e. The van der Waals surface area contributed by atoms with E-state index < -0.39 is 0 Å². The van der Waals surface area contributed by atoms with Gasteiger partial charge >= 0.3 is 0 Å². The SMILES string of the molecule is CCCc1nc(C)c(C(=O)NCCCCn2ccnc2)s1. The minimum atomic E-state index is 0.00924. The molecule has 0 bridgehead atoms. The predicted molar refractivity (Wildman–Crippen MR) is 84.6 cm³/mol. The lowest BCUT2D eigenvalue weighted by molar-refractivity contribution is 0.0956. The number of unbranched alkanes of at least 4 members (excludes halogenated alkanes) is 1. The van der Waals surface area contributed by atoms with Gasteiger partial charge in [-0.1, -0.05) is 6.92 Å². The molecule has 1 amide bonds. The zero-order valence-electron chi connectivity index (χ0n) is 12.6. The zero-order chi connectivity index (χ0) is 15.1. The number of rotatable bonds is 8. The third kappa shape index (κ3) is 4.67. The van der Waals surface area contributed by atoms with Gasteiger partial charge in [-0.15, -0.1) is 11.3 Å². The molecular weight excluding hydrogens is 284 g/mol. The largest absolute Gasteiger partial charge is 0.351 e. The summed E-state index contributed by atoms with van der Waals surface area (Å²) in [6.07, 6.45) is 9.54. The van der Waals surface area contributed by atoms with Crippen LogP contribution < -0.4 is 5.32 Å². The van der Waals surface area contributed by atoms with Crippen molar-refractivity contribution in [2.45, 2.75) is 46.1 Å². The molecule has 0 spiro atoms. The van der Waals surface area contributed by atoms with E-state index >= 15 is 0 Å². The Morgan fingerprint density at radius 1 is 1.43 bits per heavy atom. The van der Waals surface area contributed by atoms with Gasteiger partial charge in [0.05, 0.1) is 17.0 Å². The summed E-state index contributed by atoms with van der Waals surface area (Å²) in [6, 6.07) is 0. The molecule has 114 valence electrons. The fraction of sp³-hybridized carbons (Fsp3) is 0.533. The molecule has 0 aliphatic carbocycles. The fourth-order valence-corrected chi connectivity index (χ4v) is 3.19. The molecule has 0 aliphatic heterocycles. The minimum absolute atomic E-state index is 0.00924. The van der Waals surface area contributed by atoms with Gasteiger partial charge in [0.15, 0.2) is 0 Å². The molecule has 21 heavy (non-hydrogen) atoms. The van der Waals surface area contributed by atoms with Crippen LogP contribution in [0.2, 0.25) is 0 Å². The Balaban J connectivity index is 1.71. The van der Waals surface area contributed by atoms with E-state index in [9.17, 15) is 4.79 Å². The van der Waals surface area contributed by atoms with Gasteiger partial charge in [0.1, 0.15) is 4.88 Å². The highest BCUT2D eigenvalue weighted by Crippen LogP contribution is 2.19. The molecule has 2 rings (SSSR count). The lowest BCUT2D eigenvalue weighted by Gasteiger charge is -2.04. The first kappa shape index (κ1) is 15.7. The normalized spacial score (nSPS) is 10.8. The lowest BCUT2D eigenvalue weighted by atomic mass is 10.3. The second kappa shape index (κ2) is 7.93. The molecule has 2 heterocycles. The Hall–Kier alpha value is -1.69. The number of hydrogen-bond acceptors (Lipinski definition) is 4. The molecule has 0 saturated heterocycles. The van der Waals surface area contributed by atoms with Crippen LogP contribution in [-0.4, -0.2) is 27.0 Å². The van der Waals surface area contributed by atoms with E-state index in [1.807, 2.05) is 24.0 Å². The summed E-state index contributed by atoms with van der Waals surface area (Å²) in [5, 5.41) is 4.04. The number of carbonyl (C=O) groups excluding carboxylic acids is 1. The van der Waals surface area contributed by atoms with Gasteiger partial charge in [-0.2, -0.15) is 0 Å². The van der Waals surface area contributed by atoms with Crippen molar-refractivity contribution in [3.8, 4) is 0 Å². The van der Waals surface area contributed by atoms with E-state index in [0.29, 0.717) is 6.54 Å². The Morgan fingerprint density at radius 2 is 2.29 bits per heavy atom. The summed E-state index contributed by atoms with van der Waals surface area (Å²) in [5.41, 5.74) is 0.847. The average molecular weight is 306 g/mol. The smallest absolute Gasteiger partial charge is 0.263 e. The summed E-state index contributed by atoms with van der Waals surface area (Å²) in [7, 11) is 0. The monoisotopic (exact) mass is 306 g/mol. The number of nitrogens with one attached hydrogen (secondary N) is 1. The molecule has 0 aromatic carbocycles. The maximum absolute atomic E-state index is 12.1. The third-order valence-corrected chi connectivity index (χ3v) is 4.41. The van der Waals surface area contributed by atoms with Crippen molar-refractivity contribution in [2.24, 2.45) is 0 Å². The molecule has 2 aromatic rings. The summed E-state index contributed by atoms with van der Waals surface area (Å²) in [6.45, 7) is 5.67. The molecule has 0 saturated carbocycles. The van der Waals surface area contributed by atoms with Crippen molar-refractivity contribution in [1.82, 2.24) is 19.9 Å². The molecule has 6 heteroatoms. The molecule has 5 nitrogen and oxygen atoms in total. The van der Waals surface area contributed by atoms with Crippen LogP contribution in [0.25, 0.3) is 0 Å². The molecule has 0 fully saturated rings. The molecule has 1 N–H and O–H groups in total.